The molecule has 0 saturated heterocycles. The van der Waals surface area contributed by atoms with Gasteiger partial charge < -0.3 is 5.32 Å². The van der Waals surface area contributed by atoms with E-state index in [0.29, 0.717) is 11.0 Å². The number of thiazole rings is 1. The lowest BCUT2D eigenvalue weighted by molar-refractivity contribution is -0.119. The van der Waals surface area contributed by atoms with Gasteiger partial charge in [0.2, 0.25) is 0 Å². The molecule has 2 aromatic heterocycles. The van der Waals surface area contributed by atoms with Gasteiger partial charge >= 0.3 is 0 Å². The van der Waals surface area contributed by atoms with E-state index in [1.807, 2.05) is 35.7 Å². The second-order valence-corrected chi connectivity index (χ2v) is 7.24. The van der Waals surface area contributed by atoms with E-state index < -0.39 is 6.04 Å². The van der Waals surface area contributed by atoms with Gasteiger partial charge in [0.1, 0.15) is 6.04 Å². The van der Waals surface area contributed by atoms with Gasteiger partial charge in [0.15, 0.2) is 5.13 Å². The van der Waals surface area contributed by atoms with Gasteiger partial charge in [0, 0.05) is 22.9 Å². The van der Waals surface area contributed by atoms with Gasteiger partial charge in [-0.05, 0) is 25.8 Å². The Morgan fingerprint density at radius 1 is 1.23 bits per heavy atom. The Hall–Kier alpha value is -2.80. The first-order valence-corrected chi connectivity index (χ1v) is 9.41. The summed E-state index contributed by atoms with van der Waals surface area (Å²) in [5, 5.41) is 9.57. The summed E-state index contributed by atoms with van der Waals surface area (Å²) >= 11 is 1.36. The van der Waals surface area contributed by atoms with Crippen LogP contribution < -0.4 is 10.9 Å². The third-order valence-corrected chi connectivity index (χ3v) is 5.15. The van der Waals surface area contributed by atoms with Crippen molar-refractivity contribution < 1.29 is 4.79 Å². The molecule has 1 N–H and O–H groups in total. The van der Waals surface area contributed by atoms with Crippen LogP contribution >= 0.6 is 11.3 Å². The molecule has 1 aliphatic rings. The molecule has 1 saturated carbocycles. The zero-order valence-electron chi connectivity index (χ0n) is 14.3. The molecule has 0 radical (unpaired) electrons. The minimum absolute atomic E-state index is 0.277. The number of aromatic nitrogens is 3. The largest absolute Gasteiger partial charge is 0.300 e. The van der Waals surface area contributed by atoms with Crippen LogP contribution in [-0.4, -0.2) is 20.7 Å². The van der Waals surface area contributed by atoms with E-state index in [2.05, 4.69) is 15.4 Å². The second-order valence-electron chi connectivity index (χ2n) is 6.38. The molecule has 2 heterocycles. The normalized spacial score (nSPS) is 14.8. The number of carbonyl (C=O) groups excluding carboxylic acids is 1. The number of carbonyl (C=O) groups is 1. The monoisotopic (exact) mass is 366 g/mol. The van der Waals surface area contributed by atoms with Crippen molar-refractivity contribution in [2.45, 2.75) is 31.7 Å². The molecule has 1 aliphatic carbocycles. The highest BCUT2D eigenvalue weighted by molar-refractivity contribution is 7.14. The summed E-state index contributed by atoms with van der Waals surface area (Å²) in [6.07, 6.45) is 2.18. The lowest BCUT2D eigenvalue weighted by Crippen LogP contribution is -2.33. The van der Waals surface area contributed by atoms with Crippen molar-refractivity contribution in [1.82, 2.24) is 14.8 Å². The molecule has 7 heteroatoms. The Bertz CT molecular complexity index is 992. The Labute approximate surface area is 154 Å². The van der Waals surface area contributed by atoms with Crippen LogP contribution in [0.15, 0.2) is 52.6 Å². The number of anilines is 1. The highest BCUT2D eigenvalue weighted by atomic mass is 32.1. The van der Waals surface area contributed by atoms with Gasteiger partial charge in [0.05, 0.1) is 11.4 Å². The van der Waals surface area contributed by atoms with Gasteiger partial charge in [-0.1, -0.05) is 30.3 Å². The van der Waals surface area contributed by atoms with Gasteiger partial charge in [0.25, 0.3) is 11.5 Å². The summed E-state index contributed by atoms with van der Waals surface area (Å²) in [5.41, 5.74) is 2.41. The lowest BCUT2D eigenvalue weighted by atomic mass is 10.2. The molecule has 26 heavy (non-hydrogen) atoms. The fourth-order valence-corrected chi connectivity index (χ4v) is 3.43. The molecule has 0 unspecified atom stereocenters. The van der Waals surface area contributed by atoms with Crippen LogP contribution in [0.4, 0.5) is 5.13 Å². The third-order valence-electron chi connectivity index (χ3n) is 4.39. The second kappa shape index (κ2) is 6.84. The number of hydrogen-bond donors (Lipinski definition) is 1. The first-order valence-electron chi connectivity index (χ1n) is 8.53. The predicted octanol–water partition coefficient (Wildman–Crippen LogP) is 3.44. The van der Waals surface area contributed by atoms with Gasteiger partial charge in [-0.25, -0.2) is 9.67 Å². The molecule has 1 aromatic carbocycles. The molecule has 0 bridgehead atoms. The summed E-state index contributed by atoms with van der Waals surface area (Å²) < 4.78 is 1.26. The van der Waals surface area contributed by atoms with E-state index in [4.69, 9.17) is 0 Å². The smallest absolute Gasteiger partial charge is 0.267 e. The maximum Gasteiger partial charge on any atom is 0.267 e. The van der Waals surface area contributed by atoms with Gasteiger partial charge in [-0.15, -0.1) is 11.3 Å². The zero-order chi connectivity index (χ0) is 18.1. The average molecular weight is 366 g/mol. The molecule has 0 spiro atoms. The van der Waals surface area contributed by atoms with Crippen LogP contribution in [0.3, 0.4) is 0 Å². The molecular formula is C19H18N4O2S. The van der Waals surface area contributed by atoms with Crippen LogP contribution in [0.2, 0.25) is 0 Å². The van der Waals surface area contributed by atoms with Crippen molar-refractivity contribution in [2.24, 2.45) is 0 Å². The van der Waals surface area contributed by atoms with E-state index in [1.54, 1.807) is 13.0 Å². The molecule has 4 rings (SSSR count). The van der Waals surface area contributed by atoms with Crippen LogP contribution in [0.1, 0.15) is 37.4 Å². The van der Waals surface area contributed by atoms with Crippen molar-refractivity contribution in [2.75, 3.05) is 5.32 Å². The Morgan fingerprint density at radius 2 is 2.00 bits per heavy atom. The zero-order valence-corrected chi connectivity index (χ0v) is 15.1. The quantitative estimate of drug-likeness (QED) is 0.750. The first kappa shape index (κ1) is 16.7. The van der Waals surface area contributed by atoms with Gasteiger partial charge in [-0.2, -0.15) is 5.10 Å². The molecule has 1 fully saturated rings. The Morgan fingerprint density at radius 3 is 2.73 bits per heavy atom. The minimum atomic E-state index is -0.703. The summed E-state index contributed by atoms with van der Waals surface area (Å²) in [6.45, 7) is 1.67. The average Bonchev–Trinajstić information content (AvgIpc) is 3.41. The Kier molecular flexibility index (Phi) is 4.38. The van der Waals surface area contributed by atoms with E-state index in [0.717, 1.165) is 29.8 Å². The van der Waals surface area contributed by atoms with E-state index in [9.17, 15) is 9.59 Å². The van der Waals surface area contributed by atoms with Gasteiger partial charge in [-0.3, -0.25) is 9.59 Å². The van der Waals surface area contributed by atoms with Crippen molar-refractivity contribution >= 4 is 22.4 Å². The topological polar surface area (TPSA) is 76.9 Å². The summed E-state index contributed by atoms with van der Waals surface area (Å²) in [4.78, 5) is 29.1. The third kappa shape index (κ3) is 3.43. The number of nitrogens with one attached hydrogen (secondary N) is 1. The summed E-state index contributed by atoms with van der Waals surface area (Å²) in [6, 6.07) is 12.3. The highest BCUT2D eigenvalue weighted by Crippen LogP contribution is 2.38. The van der Waals surface area contributed by atoms with Crippen LogP contribution in [-0.2, 0) is 4.79 Å². The van der Waals surface area contributed by atoms with Crippen LogP contribution in [0.25, 0.3) is 11.3 Å². The van der Waals surface area contributed by atoms with Crippen molar-refractivity contribution in [3.63, 3.8) is 0 Å². The fourth-order valence-electron chi connectivity index (χ4n) is 2.71. The molecule has 1 amide bonds. The predicted molar refractivity (Wildman–Crippen MR) is 101 cm³/mol. The summed E-state index contributed by atoms with van der Waals surface area (Å²) in [7, 11) is 0. The number of rotatable bonds is 5. The van der Waals surface area contributed by atoms with E-state index in [1.165, 1.54) is 22.1 Å². The SMILES string of the molecule is C[C@H](C(=O)Nc1nc(-c2ccccc2)cs1)n1nc(C2CC2)ccc1=O. The fraction of sp³-hybridized carbons (Fsp3) is 0.263. The van der Waals surface area contributed by atoms with E-state index in [-0.39, 0.29) is 11.5 Å². The Balaban J connectivity index is 1.51. The molecule has 132 valence electrons. The minimum Gasteiger partial charge on any atom is -0.300 e. The maximum atomic E-state index is 12.6. The number of hydrogen-bond acceptors (Lipinski definition) is 5. The van der Waals surface area contributed by atoms with Crippen LogP contribution in [0.5, 0.6) is 0 Å². The maximum absolute atomic E-state index is 12.6. The van der Waals surface area contributed by atoms with Crippen molar-refractivity contribution in [1.29, 1.82) is 0 Å². The lowest BCUT2D eigenvalue weighted by Gasteiger charge is -2.13. The van der Waals surface area contributed by atoms with Crippen LogP contribution in [0, 0.1) is 0 Å². The number of benzene rings is 1. The van der Waals surface area contributed by atoms with Crippen molar-refractivity contribution in [3.8, 4) is 11.3 Å². The van der Waals surface area contributed by atoms with E-state index >= 15 is 0 Å². The standard InChI is InChI=1S/C19H18N4O2S/c1-12(23-17(24)10-9-15(22-23)14-7-8-14)18(25)21-19-20-16(11-26-19)13-5-3-2-4-6-13/h2-6,9-12,14H,7-8H2,1H3,(H,20,21,25)/t12-/m1/s1. The first-order chi connectivity index (χ1) is 12.6. The molecule has 0 aliphatic heterocycles. The number of amides is 1. The molecular weight excluding hydrogens is 348 g/mol. The highest BCUT2D eigenvalue weighted by Gasteiger charge is 2.27. The molecule has 6 nitrogen and oxygen atoms in total. The number of nitrogens with zero attached hydrogens (tertiary/aromatic N) is 3. The summed E-state index contributed by atoms with van der Waals surface area (Å²) in [5.74, 6) is 0.117. The molecule has 3 aromatic rings. The molecule has 1 atom stereocenters. The van der Waals surface area contributed by atoms with Crippen molar-refractivity contribution in [3.05, 3.63) is 63.9 Å².